The smallest absolute Gasteiger partial charge is 0.293 e. The van der Waals surface area contributed by atoms with Crippen LogP contribution in [0, 0.1) is 6.92 Å². The average Bonchev–Trinajstić information content (AvgIpc) is 3.19. The summed E-state index contributed by atoms with van der Waals surface area (Å²) in [6.07, 6.45) is 0.727. The molecule has 0 radical (unpaired) electrons. The van der Waals surface area contributed by atoms with Crippen molar-refractivity contribution in [2.75, 3.05) is 5.32 Å². The first-order valence-electron chi connectivity index (χ1n) is 8.09. The molecule has 0 bridgehead atoms. The molecule has 0 aliphatic rings. The number of fused-ring (bicyclic) bond motifs is 1. The SMILES string of the molecule is Cc1nc(NC(=O)c2cc3ccccc3o2)sc1Cc1cccc(Cl)c1. The molecule has 1 amide bonds. The Balaban J connectivity index is 1.52. The standard InChI is InChI=1S/C20H15ClN2O2S/c1-12-18(10-13-5-4-7-15(21)9-13)26-20(22-12)23-19(24)17-11-14-6-2-3-8-16(14)25-17/h2-9,11H,10H2,1H3,(H,22,23,24). The minimum absolute atomic E-state index is 0.274. The summed E-state index contributed by atoms with van der Waals surface area (Å²) in [5, 5.41) is 5.00. The van der Waals surface area contributed by atoms with Gasteiger partial charge in [0, 0.05) is 21.7 Å². The number of thiazole rings is 1. The zero-order valence-electron chi connectivity index (χ0n) is 14.0. The van der Waals surface area contributed by atoms with Crippen LogP contribution in [0.1, 0.15) is 26.7 Å². The Morgan fingerprint density at radius 1 is 1.19 bits per heavy atom. The third-order valence-electron chi connectivity index (χ3n) is 4.02. The summed E-state index contributed by atoms with van der Waals surface area (Å²) >= 11 is 7.51. The van der Waals surface area contributed by atoms with Gasteiger partial charge in [-0.1, -0.05) is 41.9 Å². The van der Waals surface area contributed by atoms with Gasteiger partial charge in [-0.05, 0) is 36.8 Å². The highest BCUT2D eigenvalue weighted by molar-refractivity contribution is 7.15. The van der Waals surface area contributed by atoms with Gasteiger partial charge in [-0.2, -0.15) is 0 Å². The van der Waals surface area contributed by atoms with Crippen molar-refractivity contribution in [1.82, 2.24) is 4.98 Å². The van der Waals surface area contributed by atoms with Gasteiger partial charge in [0.1, 0.15) is 5.58 Å². The normalized spacial score (nSPS) is 11.0. The number of benzene rings is 2. The minimum Gasteiger partial charge on any atom is -0.451 e. The van der Waals surface area contributed by atoms with Crippen molar-refractivity contribution in [3.8, 4) is 0 Å². The molecule has 0 aliphatic carbocycles. The maximum atomic E-state index is 12.5. The quantitative estimate of drug-likeness (QED) is 0.493. The molecular formula is C20H15ClN2O2S. The van der Waals surface area contributed by atoms with Crippen LogP contribution in [-0.4, -0.2) is 10.9 Å². The lowest BCUT2D eigenvalue weighted by atomic mass is 10.1. The van der Waals surface area contributed by atoms with Gasteiger partial charge in [-0.15, -0.1) is 11.3 Å². The Kier molecular flexibility index (Phi) is 4.49. The first-order chi connectivity index (χ1) is 12.6. The molecule has 2 aromatic heterocycles. The molecule has 0 aliphatic heterocycles. The van der Waals surface area contributed by atoms with Crippen LogP contribution in [0.5, 0.6) is 0 Å². The average molecular weight is 383 g/mol. The van der Waals surface area contributed by atoms with E-state index < -0.39 is 0 Å². The summed E-state index contributed by atoms with van der Waals surface area (Å²) in [7, 11) is 0. The second-order valence-corrected chi connectivity index (χ2v) is 7.46. The molecule has 0 saturated heterocycles. The number of carbonyl (C=O) groups is 1. The van der Waals surface area contributed by atoms with Crippen LogP contribution >= 0.6 is 22.9 Å². The van der Waals surface area contributed by atoms with Crippen molar-refractivity contribution in [2.45, 2.75) is 13.3 Å². The molecule has 0 atom stereocenters. The Morgan fingerprint density at radius 2 is 2.04 bits per heavy atom. The number of para-hydroxylation sites is 1. The summed E-state index contributed by atoms with van der Waals surface area (Å²) in [6, 6.07) is 17.0. The fourth-order valence-corrected chi connectivity index (χ4v) is 3.94. The van der Waals surface area contributed by atoms with Crippen LogP contribution < -0.4 is 5.32 Å². The van der Waals surface area contributed by atoms with E-state index in [-0.39, 0.29) is 11.7 Å². The van der Waals surface area contributed by atoms with E-state index in [9.17, 15) is 4.79 Å². The molecule has 130 valence electrons. The highest BCUT2D eigenvalue weighted by Crippen LogP contribution is 2.27. The van der Waals surface area contributed by atoms with Gasteiger partial charge >= 0.3 is 0 Å². The number of nitrogens with one attached hydrogen (secondary N) is 1. The summed E-state index contributed by atoms with van der Waals surface area (Å²) < 4.78 is 5.60. The van der Waals surface area contributed by atoms with Gasteiger partial charge in [-0.25, -0.2) is 4.98 Å². The number of aryl methyl sites for hydroxylation is 1. The van der Waals surface area contributed by atoms with Gasteiger partial charge in [0.15, 0.2) is 10.9 Å². The van der Waals surface area contributed by atoms with Crippen LogP contribution in [0.3, 0.4) is 0 Å². The van der Waals surface area contributed by atoms with Crippen molar-refractivity contribution in [3.63, 3.8) is 0 Å². The van der Waals surface area contributed by atoms with Crippen molar-refractivity contribution in [1.29, 1.82) is 0 Å². The lowest BCUT2D eigenvalue weighted by Crippen LogP contribution is -2.10. The summed E-state index contributed by atoms with van der Waals surface area (Å²) in [6.45, 7) is 1.94. The molecule has 0 saturated carbocycles. The Bertz CT molecular complexity index is 1070. The van der Waals surface area contributed by atoms with E-state index in [0.717, 1.165) is 27.9 Å². The maximum absolute atomic E-state index is 12.5. The lowest BCUT2D eigenvalue weighted by Gasteiger charge is -2.00. The van der Waals surface area contributed by atoms with E-state index in [2.05, 4.69) is 10.3 Å². The van der Waals surface area contributed by atoms with E-state index in [4.69, 9.17) is 16.0 Å². The number of aromatic nitrogens is 1. The highest BCUT2D eigenvalue weighted by atomic mass is 35.5. The first-order valence-corrected chi connectivity index (χ1v) is 9.28. The second kappa shape index (κ2) is 6.94. The summed E-state index contributed by atoms with van der Waals surface area (Å²) in [5.41, 5.74) is 2.70. The van der Waals surface area contributed by atoms with Crippen LogP contribution in [0.25, 0.3) is 11.0 Å². The van der Waals surface area contributed by atoms with Crippen molar-refractivity contribution in [2.24, 2.45) is 0 Å². The topological polar surface area (TPSA) is 55.1 Å². The molecule has 1 N–H and O–H groups in total. The number of nitrogens with zero attached hydrogens (tertiary/aromatic N) is 1. The summed E-state index contributed by atoms with van der Waals surface area (Å²) in [4.78, 5) is 18.0. The number of hydrogen-bond donors (Lipinski definition) is 1. The monoisotopic (exact) mass is 382 g/mol. The fourth-order valence-electron chi connectivity index (χ4n) is 2.73. The van der Waals surface area contributed by atoms with Crippen molar-refractivity contribution >= 4 is 44.9 Å². The number of carbonyl (C=O) groups excluding carboxylic acids is 1. The van der Waals surface area contributed by atoms with Crippen molar-refractivity contribution in [3.05, 3.63) is 81.5 Å². The number of hydrogen-bond acceptors (Lipinski definition) is 4. The number of amides is 1. The van der Waals surface area contributed by atoms with Crippen molar-refractivity contribution < 1.29 is 9.21 Å². The molecule has 4 nitrogen and oxygen atoms in total. The van der Waals surface area contributed by atoms with E-state index in [1.807, 2.05) is 55.5 Å². The second-order valence-electron chi connectivity index (χ2n) is 5.94. The van der Waals surface area contributed by atoms with Crippen LogP contribution in [-0.2, 0) is 6.42 Å². The molecule has 0 unspecified atom stereocenters. The Hall–Kier alpha value is -2.63. The molecule has 26 heavy (non-hydrogen) atoms. The highest BCUT2D eigenvalue weighted by Gasteiger charge is 2.15. The molecule has 6 heteroatoms. The van der Waals surface area contributed by atoms with Crippen LogP contribution in [0.2, 0.25) is 5.02 Å². The van der Waals surface area contributed by atoms with Gasteiger partial charge < -0.3 is 4.42 Å². The third kappa shape index (κ3) is 3.49. The van der Waals surface area contributed by atoms with Gasteiger partial charge in [0.25, 0.3) is 5.91 Å². The van der Waals surface area contributed by atoms with Gasteiger partial charge in [0.2, 0.25) is 0 Å². The molecule has 0 fully saturated rings. The van der Waals surface area contributed by atoms with Gasteiger partial charge in [0.05, 0.1) is 5.69 Å². The Morgan fingerprint density at radius 3 is 2.85 bits per heavy atom. The molecule has 2 aromatic carbocycles. The molecule has 0 spiro atoms. The summed E-state index contributed by atoms with van der Waals surface area (Å²) in [5.74, 6) is -0.0281. The predicted octanol–water partition coefficient (Wildman–Crippen LogP) is 5.69. The molecule has 2 heterocycles. The number of rotatable bonds is 4. The zero-order chi connectivity index (χ0) is 18.1. The fraction of sp³-hybridized carbons (Fsp3) is 0.100. The number of anilines is 1. The van der Waals surface area contributed by atoms with Crippen LogP contribution in [0.15, 0.2) is 59.0 Å². The van der Waals surface area contributed by atoms with Gasteiger partial charge in [-0.3, -0.25) is 10.1 Å². The van der Waals surface area contributed by atoms with Crippen LogP contribution in [0.4, 0.5) is 5.13 Å². The molecular weight excluding hydrogens is 368 g/mol. The maximum Gasteiger partial charge on any atom is 0.293 e. The Labute approximate surface area is 159 Å². The van der Waals surface area contributed by atoms with E-state index in [0.29, 0.717) is 15.7 Å². The number of halogens is 1. The number of furan rings is 1. The van der Waals surface area contributed by atoms with E-state index in [1.165, 1.54) is 11.3 Å². The van der Waals surface area contributed by atoms with E-state index in [1.54, 1.807) is 6.07 Å². The van der Waals surface area contributed by atoms with E-state index >= 15 is 0 Å². The minimum atomic E-state index is -0.302. The first kappa shape index (κ1) is 16.8. The zero-order valence-corrected chi connectivity index (χ0v) is 15.5. The third-order valence-corrected chi connectivity index (χ3v) is 5.32. The molecule has 4 rings (SSSR count). The predicted molar refractivity (Wildman–Crippen MR) is 105 cm³/mol. The molecule has 4 aromatic rings. The lowest BCUT2D eigenvalue weighted by molar-refractivity contribution is 0.0998. The largest absolute Gasteiger partial charge is 0.451 e.